The SMILES string of the molecule is CCCC1CC1NC(=O)[C@@H](N)C(C)CC. The van der Waals surface area contributed by atoms with Crippen LogP contribution in [0.15, 0.2) is 0 Å². The van der Waals surface area contributed by atoms with Crippen molar-refractivity contribution in [2.24, 2.45) is 17.6 Å². The molecule has 15 heavy (non-hydrogen) atoms. The van der Waals surface area contributed by atoms with Gasteiger partial charge in [-0.25, -0.2) is 0 Å². The lowest BCUT2D eigenvalue weighted by atomic mass is 9.99. The largest absolute Gasteiger partial charge is 0.352 e. The van der Waals surface area contributed by atoms with Gasteiger partial charge in [-0.15, -0.1) is 0 Å². The fraction of sp³-hybridized carbons (Fsp3) is 0.917. The van der Waals surface area contributed by atoms with Crippen molar-refractivity contribution >= 4 is 5.91 Å². The maximum atomic E-state index is 11.7. The van der Waals surface area contributed by atoms with Crippen LogP contribution in [-0.4, -0.2) is 18.0 Å². The van der Waals surface area contributed by atoms with Crippen molar-refractivity contribution in [2.45, 2.75) is 58.5 Å². The van der Waals surface area contributed by atoms with Crippen molar-refractivity contribution in [1.82, 2.24) is 5.32 Å². The number of nitrogens with two attached hydrogens (primary N) is 1. The Morgan fingerprint density at radius 2 is 2.20 bits per heavy atom. The molecule has 0 bridgehead atoms. The third-order valence-corrected chi connectivity index (χ3v) is 3.47. The van der Waals surface area contributed by atoms with Gasteiger partial charge in [-0.3, -0.25) is 4.79 Å². The second-order valence-electron chi connectivity index (χ2n) is 4.81. The van der Waals surface area contributed by atoms with E-state index in [2.05, 4.69) is 19.2 Å². The Kier molecular flexibility index (Phi) is 4.58. The van der Waals surface area contributed by atoms with E-state index in [0.29, 0.717) is 12.0 Å². The molecular formula is C12H24N2O. The number of amides is 1. The molecule has 0 aromatic carbocycles. The molecular weight excluding hydrogens is 188 g/mol. The Balaban J connectivity index is 2.25. The van der Waals surface area contributed by atoms with Gasteiger partial charge in [0.15, 0.2) is 0 Å². The van der Waals surface area contributed by atoms with Gasteiger partial charge < -0.3 is 11.1 Å². The Hall–Kier alpha value is -0.570. The van der Waals surface area contributed by atoms with Crippen LogP contribution in [0.5, 0.6) is 0 Å². The summed E-state index contributed by atoms with van der Waals surface area (Å²) in [6, 6.07) is 0.0745. The lowest BCUT2D eigenvalue weighted by Gasteiger charge is -2.17. The van der Waals surface area contributed by atoms with Crippen LogP contribution >= 0.6 is 0 Å². The molecule has 1 fully saturated rings. The normalized spacial score (nSPS) is 28.3. The highest BCUT2D eigenvalue weighted by Gasteiger charge is 2.38. The molecule has 1 saturated carbocycles. The van der Waals surface area contributed by atoms with Crippen molar-refractivity contribution in [2.75, 3.05) is 0 Å². The van der Waals surface area contributed by atoms with Gasteiger partial charge in [0.2, 0.25) is 5.91 Å². The second kappa shape index (κ2) is 5.50. The van der Waals surface area contributed by atoms with Gasteiger partial charge in [0.05, 0.1) is 6.04 Å². The van der Waals surface area contributed by atoms with Gasteiger partial charge >= 0.3 is 0 Å². The summed E-state index contributed by atoms with van der Waals surface area (Å²) < 4.78 is 0. The van der Waals surface area contributed by atoms with Gasteiger partial charge in [-0.05, 0) is 24.7 Å². The molecule has 0 aromatic heterocycles. The molecule has 3 heteroatoms. The number of nitrogens with one attached hydrogen (secondary N) is 1. The Bertz CT molecular complexity index is 218. The van der Waals surface area contributed by atoms with Crippen LogP contribution in [0.4, 0.5) is 0 Å². The van der Waals surface area contributed by atoms with Gasteiger partial charge in [-0.1, -0.05) is 33.6 Å². The standard InChI is InChI=1S/C12H24N2O/c1-4-6-9-7-10(9)14-12(15)11(13)8(3)5-2/h8-11H,4-7,13H2,1-3H3,(H,14,15)/t8?,9?,10?,11-/m0/s1. The first-order chi connectivity index (χ1) is 7.10. The van der Waals surface area contributed by atoms with Crippen LogP contribution in [0.25, 0.3) is 0 Å². The van der Waals surface area contributed by atoms with Crippen molar-refractivity contribution in [3.8, 4) is 0 Å². The third-order valence-electron chi connectivity index (χ3n) is 3.47. The third kappa shape index (κ3) is 3.49. The molecule has 4 atom stereocenters. The summed E-state index contributed by atoms with van der Waals surface area (Å²) in [5, 5.41) is 3.04. The molecule has 0 aromatic rings. The van der Waals surface area contributed by atoms with E-state index < -0.39 is 0 Å². The highest BCUT2D eigenvalue weighted by Crippen LogP contribution is 2.34. The molecule has 1 rings (SSSR count). The quantitative estimate of drug-likeness (QED) is 0.703. The number of carbonyl (C=O) groups excluding carboxylic acids is 1. The molecule has 3 nitrogen and oxygen atoms in total. The van der Waals surface area contributed by atoms with Gasteiger partial charge in [-0.2, -0.15) is 0 Å². The molecule has 0 spiro atoms. The summed E-state index contributed by atoms with van der Waals surface area (Å²) in [6.45, 7) is 6.28. The maximum absolute atomic E-state index is 11.7. The second-order valence-corrected chi connectivity index (χ2v) is 4.81. The maximum Gasteiger partial charge on any atom is 0.237 e. The number of carbonyl (C=O) groups is 1. The summed E-state index contributed by atoms with van der Waals surface area (Å²) in [4.78, 5) is 11.7. The number of hydrogen-bond donors (Lipinski definition) is 2. The van der Waals surface area contributed by atoms with Gasteiger partial charge in [0, 0.05) is 6.04 Å². The van der Waals surface area contributed by atoms with E-state index in [0.717, 1.165) is 12.8 Å². The van der Waals surface area contributed by atoms with Crippen LogP contribution in [0.2, 0.25) is 0 Å². The van der Waals surface area contributed by atoms with Crippen LogP contribution < -0.4 is 11.1 Å². The van der Waals surface area contributed by atoms with E-state index in [1.165, 1.54) is 12.8 Å². The molecule has 0 radical (unpaired) electrons. The summed E-state index contributed by atoms with van der Waals surface area (Å²) in [5.74, 6) is 1.02. The fourth-order valence-corrected chi connectivity index (χ4v) is 1.91. The van der Waals surface area contributed by atoms with Crippen molar-refractivity contribution in [3.05, 3.63) is 0 Å². The Morgan fingerprint density at radius 1 is 1.53 bits per heavy atom. The summed E-state index contributed by atoms with van der Waals surface area (Å²) in [5.41, 5.74) is 5.85. The van der Waals surface area contributed by atoms with Crippen molar-refractivity contribution in [1.29, 1.82) is 0 Å². The fourth-order valence-electron chi connectivity index (χ4n) is 1.91. The van der Waals surface area contributed by atoms with E-state index in [1.807, 2.05) is 6.92 Å². The first-order valence-electron chi connectivity index (χ1n) is 6.16. The lowest BCUT2D eigenvalue weighted by molar-refractivity contribution is -0.123. The predicted octanol–water partition coefficient (Wildman–Crippen LogP) is 1.66. The smallest absolute Gasteiger partial charge is 0.237 e. The van der Waals surface area contributed by atoms with Gasteiger partial charge in [0.1, 0.15) is 0 Å². The Labute approximate surface area is 92.8 Å². The van der Waals surface area contributed by atoms with Crippen LogP contribution in [0.3, 0.4) is 0 Å². The zero-order valence-electron chi connectivity index (χ0n) is 10.1. The number of hydrogen-bond acceptors (Lipinski definition) is 2. The molecule has 88 valence electrons. The average molecular weight is 212 g/mol. The van der Waals surface area contributed by atoms with E-state index in [9.17, 15) is 4.79 Å². The average Bonchev–Trinajstić information content (AvgIpc) is 2.94. The molecule has 3 unspecified atom stereocenters. The van der Waals surface area contributed by atoms with Crippen molar-refractivity contribution < 1.29 is 4.79 Å². The molecule has 3 N–H and O–H groups in total. The van der Waals surface area contributed by atoms with Crippen LogP contribution in [0, 0.1) is 11.8 Å². The molecule has 1 amide bonds. The lowest BCUT2D eigenvalue weighted by Crippen LogP contribution is -2.45. The first kappa shape index (κ1) is 12.5. The molecule has 1 aliphatic carbocycles. The zero-order chi connectivity index (χ0) is 11.4. The number of rotatable bonds is 6. The van der Waals surface area contributed by atoms with Crippen LogP contribution in [0.1, 0.15) is 46.5 Å². The van der Waals surface area contributed by atoms with Crippen molar-refractivity contribution in [3.63, 3.8) is 0 Å². The van der Waals surface area contributed by atoms with E-state index >= 15 is 0 Å². The summed E-state index contributed by atoms with van der Waals surface area (Å²) in [6.07, 6.45) is 4.53. The minimum Gasteiger partial charge on any atom is -0.352 e. The highest BCUT2D eigenvalue weighted by molar-refractivity contribution is 5.82. The van der Waals surface area contributed by atoms with E-state index in [4.69, 9.17) is 5.73 Å². The van der Waals surface area contributed by atoms with E-state index in [-0.39, 0.29) is 17.9 Å². The molecule has 0 heterocycles. The minimum atomic E-state index is -0.335. The van der Waals surface area contributed by atoms with E-state index in [1.54, 1.807) is 0 Å². The minimum absolute atomic E-state index is 0.0351. The summed E-state index contributed by atoms with van der Waals surface area (Å²) in [7, 11) is 0. The summed E-state index contributed by atoms with van der Waals surface area (Å²) >= 11 is 0. The van der Waals surface area contributed by atoms with Gasteiger partial charge in [0.25, 0.3) is 0 Å². The Morgan fingerprint density at radius 3 is 2.73 bits per heavy atom. The molecule has 0 aliphatic heterocycles. The predicted molar refractivity (Wildman–Crippen MR) is 62.4 cm³/mol. The van der Waals surface area contributed by atoms with Crippen LogP contribution in [-0.2, 0) is 4.79 Å². The topological polar surface area (TPSA) is 55.1 Å². The molecule has 0 saturated heterocycles. The molecule has 1 aliphatic rings. The monoisotopic (exact) mass is 212 g/mol. The zero-order valence-corrected chi connectivity index (χ0v) is 10.1. The highest BCUT2D eigenvalue weighted by atomic mass is 16.2. The first-order valence-corrected chi connectivity index (χ1v) is 6.16.